The van der Waals surface area contributed by atoms with E-state index in [9.17, 15) is 0 Å². The Morgan fingerprint density at radius 1 is 1.28 bits per heavy atom. The number of hydrogen-bond donors (Lipinski definition) is 1. The molecule has 0 fully saturated rings. The molecule has 92 valence electrons. The van der Waals surface area contributed by atoms with Gasteiger partial charge in [0.2, 0.25) is 5.16 Å². The van der Waals surface area contributed by atoms with Crippen molar-refractivity contribution >= 4 is 33.8 Å². The highest BCUT2D eigenvalue weighted by molar-refractivity contribution is 7.99. The maximum Gasteiger partial charge on any atom is 0.211 e. The number of nitrogens with zero attached hydrogens (tertiary/aromatic N) is 3. The van der Waals surface area contributed by atoms with Gasteiger partial charge >= 0.3 is 0 Å². The Kier molecular flexibility index (Phi) is 2.91. The van der Waals surface area contributed by atoms with Gasteiger partial charge in [0.05, 0.1) is 0 Å². The van der Waals surface area contributed by atoms with E-state index in [0.717, 1.165) is 33.6 Å². The van der Waals surface area contributed by atoms with Crippen LogP contribution in [0.2, 0.25) is 0 Å². The first-order valence-electron chi connectivity index (χ1n) is 6.05. The highest BCUT2D eigenvalue weighted by Gasteiger charge is 2.10. The third-order valence-corrected chi connectivity index (χ3v) is 4.10. The predicted molar refractivity (Wildman–Crippen MR) is 74.8 cm³/mol. The van der Waals surface area contributed by atoms with Crippen molar-refractivity contribution in [3.63, 3.8) is 0 Å². The SMILES string of the molecule is CC[C@H](C)Sc1nnc2c(n1)[nH]c1ccccc12. The number of H-pyrrole nitrogens is 1. The first-order valence-corrected chi connectivity index (χ1v) is 6.93. The molecule has 0 aliphatic heterocycles. The number of aromatic amines is 1. The lowest BCUT2D eigenvalue weighted by Gasteiger charge is -2.04. The Morgan fingerprint density at radius 2 is 2.11 bits per heavy atom. The third kappa shape index (κ3) is 1.95. The smallest absolute Gasteiger partial charge is 0.211 e. The van der Waals surface area contributed by atoms with E-state index in [4.69, 9.17) is 0 Å². The summed E-state index contributed by atoms with van der Waals surface area (Å²) in [6.45, 7) is 4.33. The van der Waals surface area contributed by atoms with Gasteiger partial charge in [0.25, 0.3) is 0 Å². The Balaban J connectivity index is 2.09. The summed E-state index contributed by atoms with van der Waals surface area (Å²) in [7, 11) is 0. The monoisotopic (exact) mass is 258 g/mol. The van der Waals surface area contributed by atoms with Crippen LogP contribution in [0.15, 0.2) is 29.4 Å². The summed E-state index contributed by atoms with van der Waals surface area (Å²) >= 11 is 1.66. The van der Waals surface area contributed by atoms with Gasteiger partial charge in [0.1, 0.15) is 5.52 Å². The van der Waals surface area contributed by atoms with E-state index in [2.05, 4.69) is 34.0 Å². The molecule has 0 aliphatic rings. The molecule has 0 saturated heterocycles. The second kappa shape index (κ2) is 4.57. The lowest BCUT2D eigenvalue weighted by molar-refractivity contribution is 0.851. The highest BCUT2D eigenvalue weighted by atomic mass is 32.2. The fourth-order valence-corrected chi connectivity index (χ4v) is 2.58. The molecule has 0 saturated carbocycles. The number of nitrogens with one attached hydrogen (secondary N) is 1. The predicted octanol–water partition coefficient (Wildman–Crippen LogP) is 3.40. The second-order valence-corrected chi connectivity index (χ2v) is 5.70. The molecule has 18 heavy (non-hydrogen) atoms. The van der Waals surface area contributed by atoms with Crippen LogP contribution in [0.5, 0.6) is 0 Å². The van der Waals surface area contributed by atoms with Gasteiger partial charge in [-0.1, -0.05) is 43.8 Å². The van der Waals surface area contributed by atoms with E-state index >= 15 is 0 Å². The molecule has 0 unspecified atom stereocenters. The minimum absolute atomic E-state index is 0.508. The summed E-state index contributed by atoms with van der Waals surface area (Å²) in [6, 6.07) is 8.06. The number of benzene rings is 1. The number of rotatable bonds is 3. The lowest BCUT2D eigenvalue weighted by Crippen LogP contribution is -1.97. The summed E-state index contributed by atoms with van der Waals surface area (Å²) in [5.41, 5.74) is 2.72. The fourth-order valence-electron chi connectivity index (χ4n) is 1.82. The molecule has 0 bridgehead atoms. The van der Waals surface area contributed by atoms with Gasteiger partial charge in [-0.15, -0.1) is 10.2 Å². The maximum absolute atomic E-state index is 4.53. The molecule has 2 heterocycles. The molecule has 2 aromatic heterocycles. The van der Waals surface area contributed by atoms with E-state index in [0.29, 0.717) is 5.25 Å². The molecule has 0 amide bonds. The van der Waals surface area contributed by atoms with E-state index in [1.807, 2.05) is 24.3 Å². The standard InChI is InChI=1S/C13H14N4S/c1-3-8(2)18-13-15-12-11(16-17-13)9-6-4-5-7-10(9)14-12/h4-8H,3H2,1-2H3,(H,14,15,17)/t8-/m0/s1. The van der Waals surface area contributed by atoms with Crippen molar-refractivity contribution in [2.75, 3.05) is 0 Å². The van der Waals surface area contributed by atoms with Crippen molar-refractivity contribution in [3.8, 4) is 0 Å². The molecule has 0 radical (unpaired) electrons. The van der Waals surface area contributed by atoms with Gasteiger partial charge in [-0.25, -0.2) is 4.98 Å². The molecular formula is C13H14N4S. The molecule has 0 spiro atoms. The van der Waals surface area contributed by atoms with Gasteiger partial charge in [0.15, 0.2) is 5.65 Å². The maximum atomic E-state index is 4.53. The Labute approximate surface area is 109 Å². The first kappa shape index (κ1) is 11.5. The molecule has 3 aromatic rings. The van der Waals surface area contributed by atoms with E-state index in [1.165, 1.54) is 0 Å². The van der Waals surface area contributed by atoms with Crippen LogP contribution in [-0.4, -0.2) is 25.4 Å². The van der Waals surface area contributed by atoms with Gasteiger partial charge in [-0.3, -0.25) is 0 Å². The van der Waals surface area contributed by atoms with Crippen molar-refractivity contribution in [1.29, 1.82) is 0 Å². The molecule has 5 heteroatoms. The first-order chi connectivity index (χ1) is 8.78. The van der Waals surface area contributed by atoms with Crippen LogP contribution < -0.4 is 0 Å². The summed E-state index contributed by atoms with van der Waals surface area (Å²) in [5.74, 6) is 0. The third-order valence-electron chi connectivity index (χ3n) is 2.98. The Morgan fingerprint density at radius 3 is 2.94 bits per heavy atom. The summed E-state index contributed by atoms with van der Waals surface area (Å²) in [5, 5.41) is 10.8. The molecule has 1 aromatic carbocycles. The normalized spacial score (nSPS) is 13.2. The van der Waals surface area contributed by atoms with E-state index in [1.54, 1.807) is 11.8 Å². The van der Waals surface area contributed by atoms with E-state index in [-0.39, 0.29) is 0 Å². The number of fused-ring (bicyclic) bond motifs is 3. The Hall–Kier alpha value is -1.62. The Bertz CT molecular complexity index is 692. The molecular weight excluding hydrogens is 244 g/mol. The zero-order chi connectivity index (χ0) is 12.5. The quantitative estimate of drug-likeness (QED) is 0.732. The molecule has 1 N–H and O–H groups in total. The number of hydrogen-bond acceptors (Lipinski definition) is 4. The summed E-state index contributed by atoms with van der Waals surface area (Å²) in [6.07, 6.45) is 1.10. The zero-order valence-electron chi connectivity index (χ0n) is 10.3. The van der Waals surface area contributed by atoms with Gasteiger partial charge in [-0.2, -0.15) is 0 Å². The topological polar surface area (TPSA) is 54.5 Å². The van der Waals surface area contributed by atoms with Crippen LogP contribution in [0, 0.1) is 0 Å². The minimum atomic E-state index is 0.508. The summed E-state index contributed by atoms with van der Waals surface area (Å²) in [4.78, 5) is 7.82. The van der Waals surface area contributed by atoms with Crippen LogP contribution >= 0.6 is 11.8 Å². The van der Waals surface area contributed by atoms with Crippen molar-refractivity contribution in [2.45, 2.75) is 30.7 Å². The number of thioether (sulfide) groups is 1. The molecule has 3 rings (SSSR count). The minimum Gasteiger partial charge on any atom is -0.338 e. The fraction of sp³-hybridized carbons (Fsp3) is 0.308. The van der Waals surface area contributed by atoms with Crippen molar-refractivity contribution in [2.24, 2.45) is 0 Å². The largest absolute Gasteiger partial charge is 0.338 e. The lowest BCUT2D eigenvalue weighted by atomic mass is 10.2. The van der Waals surface area contributed by atoms with E-state index < -0.39 is 0 Å². The van der Waals surface area contributed by atoms with Crippen LogP contribution in [0.3, 0.4) is 0 Å². The number of para-hydroxylation sites is 1. The highest BCUT2D eigenvalue weighted by Crippen LogP contribution is 2.25. The average Bonchev–Trinajstić information content (AvgIpc) is 2.76. The van der Waals surface area contributed by atoms with Crippen molar-refractivity contribution in [1.82, 2.24) is 20.2 Å². The van der Waals surface area contributed by atoms with Crippen LogP contribution in [0.25, 0.3) is 22.1 Å². The van der Waals surface area contributed by atoms with Crippen LogP contribution in [-0.2, 0) is 0 Å². The average molecular weight is 258 g/mol. The molecule has 0 aliphatic carbocycles. The number of aromatic nitrogens is 4. The van der Waals surface area contributed by atoms with Gasteiger partial charge in [-0.05, 0) is 12.5 Å². The molecule has 4 nitrogen and oxygen atoms in total. The van der Waals surface area contributed by atoms with Crippen molar-refractivity contribution in [3.05, 3.63) is 24.3 Å². The zero-order valence-corrected chi connectivity index (χ0v) is 11.2. The van der Waals surface area contributed by atoms with Gasteiger partial charge in [0, 0.05) is 16.2 Å². The van der Waals surface area contributed by atoms with Crippen LogP contribution in [0.1, 0.15) is 20.3 Å². The summed E-state index contributed by atoms with van der Waals surface area (Å²) < 4.78 is 0. The van der Waals surface area contributed by atoms with Gasteiger partial charge < -0.3 is 4.98 Å². The second-order valence-electron chi connectivity index (χ2n) is 4.30. The van der Waals surface area contributed by atoms with Crippen molar-refractivity contribution < 1.29 is 0 Å². The van der Waals surface area contributed by atoms with Crippen LogP contribution in [0.4, 0.5) is 0 Å². The molecule has 1 atom stereocenters.